The molecule has 2 aliphatic rings. The zero-order valence-electron chi connectivity index (χ0n) is 13.2. The molecule has 2 aliphatic heterocycles. The topological polar surface area (TPSA) is 49.9 Å². The minimum atomic E-state index is -0.156. The summed E-state index contributed by atoms with van der Waals surface area (Å²) in [6, 6.07) is 5.97. The van der Waals surface area contributed by atoms with Crippen molar-refractivity contribution in [2.45, 2.75) is 39.2 Å². The Morgan fingerprint density at radius 2 is 2.18 bits per heavy atom. The summed E-state index contributed by atoms with van der Waals surface area (Å²) in [5, 5.41) is 0. The molecule has 3 rings (SSSR count). The molecule has 5 heteroatoms. The second-order valence-electron chi connectivity index (χ2n) is 6.17. The van der Waals surface area contributed by atoms with Crippen LogP contribution in [0.25, 0.3) is 0 Å². The van der Waals surface area contributed by atoms with Crippen molar-refractivity contribution in [2.75, 3.05) is 24.6 Å². The highest BCUT2D eigenvalue weighted by Crippen LogP contribution is 2.33. The summed E-state index contributed by atoms with van der Waals surface area (Å²) in [5.74, 6) is 0.538. The molecule has 0 bridgehead atoms. The molecule has 0 aliphatic carbocycles. The van der Waals surface area contributed by atoms with Crippen LogP contribution in [-0.4, -0.2) is 42.5 Å². The quantitative estimate of drug-likeness (QED) is 0.841. The third-order valence-electron chi connectivity index (χ3n) is 4.47. The minimum Gasteiger partial charge on any atom is -0.482 e. The van der Waals surface area contributed by atoms with Crippen LogP contribution >= 0.6 is 0 Å². The van der Waals surface area contributed by atoms with Gasteiger partial charge in [-0.05, 0) is 50.8 Å². The summed E-state index contributed by atoms with van der Waals surface area (Å²) < 4.78 is 5.45. The van der Waals surface area contributed by atoms with Gasteiger partial charge in [-0.2, -0.15) is 0 Å². The van der Waals surface area contributed by atoms with Crippen LogP contribution in [-0.2, 0) is 9.59 Å². The Bertz CT molecular complexity index is 600. The summed E-state index contributed by atoms with van der Waals surface area (Å²) >= 11 is 0. The van der Waals surface area contributed by atoms with Crippen LogP contribution in [0.1, 0.15) is 31.7 Å². The monoisotopic (exact) mass is 302 g/mol. The number of rotatable bonds is 2. The van der Waals surface area contributed by atoms with Crippen molar-refractivity contribution < 1.29 is 14.3 Å². The SMILES string of the molecule is Cc1ccc2c(c1)N(CC(=O)N1CCCC[C@H]1C)C(=O)CO2. The van der Waals surface area contributed by atoms with Crippen LogP contribution in [0.3, 0.4) is 0 Å². The summed E-state index contributed by atoms with van der Waals surface area (Å²) in [4.78, 5) is 28.3. The highest BCUT2D eigenvalue weighted by Gasteiger charge is 2.31. The highest BCUT2D eigenvalue weighted by molar-refractivity contribution is 6.02. The number of amides is 2. The van der Waals surface area contributed by atoms with Crippen molar-refractivity contribution in [3.63, 3.8) is 0 Å². The van der Waals surface area contributed by atoms with Gasteiger partial charge in [0.05, 0.1) is 5.69 Å². The van der Waals surface area contributed by atoms with Gasteiger partial charge in [-0.25, -0.2) is 0 Å². The van der Waals surface area contributed by atoms with E-state index in [4.69, 9.17) is 4.74 Å². The number of hydrogen-bond acceptors (Lipinski definition) is 3. The Balaban J connectivity index is 1.81. The number of nitrogens with zero attached hydrogens (tertiary/aromatic N) is 2. The van der Waals surface area contributed by atoms with Crippen LogP contribution in [0.2, 0.25) is 0 Å². The van der Waals surface area contributed by atoms with E-state index in [-0.39, 0.29) is 31.0 Å². The lowest BCUT2D eigenvalue weighted by atomic mass is 10.0. The maximum absolute atomic E-state index is 12.6. The first-order chi connectivity index (χ1) is 10.6. The number of benzene rings is 1. The van der Waals surface area contributed by atoms with Crippen molar-refractivity contribution >= 4 is 17.5 Å². The van der Waals surface area contributed by atoms with Crippen LogP contribution < -0.4 is 9.64 Å². The van der Waals surface area contributed by atoms with E-state index in [0.29, 0.717) is 11.4 Å². The van der Waals surface area contributed by atoms with Crippen molar-refractivity contribution in [3.8, 4) is 5.75 Å². The average molecular weight is 302 g/mol. The van der Waals surface area contributed by atoms with Gasteiger partial charge in [0.25, 0.3) is 5.91 Å². The first kappa shape index (κ1) is 14.9. The molecule has 0 spiro atoms. The molecule has 2 heterocycles. The molecule has 0 saturated carbocycles. The Kier molecular flexibility index (Phi) is 4.05. The summed E-state index contributed by atoms with van der Waals surface area (Å²) in [6.45, 7) is 4.93. The van der Waals surface area contributed by atoms with E-state index in [1.165, 1.54) is 6.42 Å². The lowest BCUT2D eigenvalue weighted by Crippen LogP contribution is -2.50. The van der Waals surface area contributed by atoms with E-state index in [0.717, 1.165) is 24.9 Å². The molecule has 5 nitrogen and oxygen atoms in total. The van der Waals surface area contributed by atoms with Crippen LogP contribution in [0, 0.1) is 6.92 Å². The molecule has 1 fully saturated rings. The molecule has 0 N–H and O–H groups in total. The second kappa shape index (κ2) is 5.99. The lowest BCUT2D eigenvalue weighted by Gasteiger charge is -2.36. The predicted octanol–water partition coefficient (Wildman–Crippen LogP) is 2.12. The molecule has 118 valence electrons. The number of fused-ring (bicyclic) bond motifs is 1. The predicted molar refractivity (Wildman–Crippen MR) is 84.1 cm³/mol. The number of piperidine rings is 1. The van der Waals surface area contributed by atoms with Crippen LogP contribution in [0.5, 0.6) is 5.75 Å². The zero-order chi connectivity index (χ0) is 15.7. The van der Waals surface area contributed by atoms with Crippen LogP contribution in [0.15, 0.2) is 18.2 Å². The Morgan fingerprint density at radius 3 is 2.95 bits per heavy atom. The van der Waals surface area contributed by atoms with Gasteiger partial charge in [0, 0.05) is 12.6 Å². The van der Waals surface area contributed by atoms with E-state index < -0.39 is 0 Å². The van der Waals surface area contributed by atoms with Crippen molar-refractivity contribution in [2.24, 2.45) is 0 Å². The fourth-order valence-electron chi connectivity index (χ4n) is 3.18. The Morgan fingerprint density at radius 1 is 1.36 bits per heavy atom. The van der Waals surface area contributed by atoms with Crippen molar-refractivity contribution in [1.29, 1.82) is 0 Å². The smallest absolute Gasteiger partial charge is 0.265 e. The molecule has 1 aromatic rings. The van der Waals surface area contributed by atoms with Gasteiger partial charge in [0.15, 0.2) is 6.61 Å². The molecule has 2 amide bonds. The molecule has 22 heavy (non-hydrogen) atoms. The van der Waals surface area contributed by atoms with E-state index >= 15 is 0 Å². The second-order valence-corrected chi connectivity index (χ2v) is 6.17. The fourth-order valence-corrected chi connectivity index (χ4v) is 3.18. The number of anilines is 1. The maximum atomic E-state index is 12.6. The van der Waals surface area contributed by atoms with E-state index in [1.54, 1.807) is 4.90 Å². The number of carbonyl (C=O) groups is 2. The van der Waals surface area contributed by atoms with Gasteiger partial charge in [-0.1, -0.05) is 6.07 Å². The number of likely N-dealkylation sites (tertiary alicyclic amines) is 1. The summed E-state index contributed by atoms with van der Waals surface area (Å²) in [5.41, 5.74) is 1.75. The Hall–Kier alpha value is -2.04. The Labute approximate surface area is 130 Å². The number of aryl methyl sites for hydroxylation is 1. The third-order valence-corrected chi connectivity index (χ3v) is 4.47. The average Bonchev–Trinajstić information content (AvgIpc) is 2.50. The molecule has 1 aromatic carbocycles. The first-order valence-corrected chi connectivity index (χ1v) is 7.89. The molecular formula is C17H22N2O3. The van der Waals surface area contributed by atoms with Crippen molar-refractivity contribution in [3.05, 3.63) is 23.8 Å². The van der Waals surface area contributed by atoms with Gasteiger partial charge in [0.1, 0.15) is 12.3 Å². The standard InChI is InChI=1S/C17H22N2O3/c1-12-6-7-15-14(9-12)19(17(21)11-22-15)10-16(20)18-8-4-3-5-13(18)2/h6-7,9,13H,3-5,8,10-11H2,1-2H3/t13-/m1/s1. The maximum Gasteiger partial charge on any atom is 0.265 e. The van der Waals surface area contributed by atoms with E-state index in [2.05, 4.69) is 6.92 Å². The summed E-state index contributed by atoms with van der Waals surface area (Å²) in [7, 11) is 0. The highest BCUT2D eigenvalue weighted by atomic mass is 16.5. The molecular weight excluding hydrogens is 280 g/mol. The van der Waals surface area contributed by atoms with Crippen molar-refractivity contribution in [1.82, 2.24) is 4.90 Å². The van der Waals surface area contributed by atoms with E-state index in [9.17, 15) is 9.59 Å². The minimum absolute atomic E-state index is 0.00110. The van der Waals surface area contributed by atoms with Gasteiger partial charge < -0.3 is 9.64 Å². The molecule has 0 aromatic heterocycles. The number of ether oxygens (including phenoxy) is 1. The summed E-state index contributed by atoms with van der Waals surface area (Å²) in [6.07, 6.45) is 3.25. The number of hydrogen-bond donors (Lipinski definition) is 0. The van der Waals surface area contributed by atoms with Crippen LogP contribution in [0.4, 0.5) is 5.69 Å². The van der Waals surface area contributed by atoms with Gasteiger partial charge in [-0.3, -0.25) is 14.5 Å². The third kappa shape index (κ3) is 2.80. The fraction of sp³-hybridized carbons (Fsp3) is 0.529. The molecule has 0 unspecified atom stereocenters. The van der Waals surface area contributed by atoms with Gasteiger partial charge in [-0.15, -0.1) is 0 Å². The van der Waals surface area contributed by atoms with Gasteiger partial charge >= 0.3 is 0 Å². The lowest BCUT2D eigenvalue weighted by molar-refractivity contribution is -0.134. The normalized spacial score (nSPS) is 21.4. The molecule has 1 saturated heterocycles. The molecule has 1 atom stereocenters. The number of carbonyl (C=O) groups excluding carboxylic acids is 2. The largest absolute Gasteiger partial charge is 0.482 e. The molecule has 0 radical (unpaired) electrons. The van der Waals surface area contributed by atoms with E-state index in [1.807, 2.05) is 30.0 Å². The zero-order valence-corrected chi connectivity index (χ0v) is 13.2. The first-order valence-electron chi connectivity index (χ1n) is 7.89. The van der Waals surface area contributed by atoms with Gasteiger partial charge in [0.2, 0.25) is 5.91 Å².